The Bertz CT molecular complexity index is 741. The molecule has 3 rings (SSSR count). The molecule has 27 heavy (non-hydrogen) atoms. The van der Waals surface area contributed by atoms with E-state index >= 15 is 0 Å². The molecule has 0 saturated carbocycles. The van der Waals surface area contributed by atoms with E-state index in [0.717, 1.165) is 22.8 Å². The smallest absolute Gasteiger partial charge is 0.227 e. The lowest BCUT2D eigenvalue weighted by molar-refractivity contribution is -0.133. The number of aryl methyl sites for hydroxylation is 1. The predicted octanol–water partition coefficient (Wildman–Crippen LogP) is 2.94. The van der Waals surface area contributed by atoms with Crippen molar-refractivity contribution >= 4 is 23.2 Å². The van der Waals surface area contributed by atoms with Crippen LogP contribution in [-0.4, -0.2) is 49.6 Å². The summed E-state index contributed by atoms with van der Waals surface area (Å²) in [5.41, 5.74) is 0. The Kier molecular flexibility index (Phi) is 7.06. The molecule has 3 heterocycles. The Morgan fingerprint density at radius 2 is 2.22 bits per heavy atom. The highest BCUT2D eigenvalue weighted by Gasteiger charge is 2.27. The summed E-state index contributed by atoms with van der Waals surface area (Å²) >= 11 is 1.63. The standard InChI is InChI=1S/C20H26N2O4S/c1-2-9-21-20(24)15-13-22(10-11-25-14-15)19(23)8-6-16-5-7-17(26-16)18-4-3-12-27-18/h3-5,7,12,15H,2,6,8-11,13-14H2,1H3,(H,21,24). The molecule has 0 radical (unpaired) electrons. The molecule has 1 aliphatic rings. The van der Waals surface area contributed by atoms with Crippen molar-refractivity contribution < 1.29 is 18.7 Å². The lowest BCUT2D eigenvalue weighted by Gasteiger charge is -2.23. The van der Waals surface area contributed by atoms with Crippen molar-refractivity contribution in [1.82, 2.24) is 10.2 Å². The van der Waals surface area contributed by atoms with E-state index in [-0.39, 0.29) is 17.7 Å². The van der Waals surface area contributed by atoms with Crippen molar-refractivity contribution in [2.45, 2.75) is 26.2 Å². The number of thiophene rings is 1. The van der Waals surface area contributed by atoms with Crippen molar-refractivity contribution in [3.63, 3.8) is 0 Å². The van der Waals surface area contributed by atoms with Crippen LogP contribution in [0.25, 0.3) is 10.6 Å². The molecule has 1 saturated heterocycles. The maximum absolute atomic E-state index is 12.6. The third-order valence-electron chi connectivity index (χ3n) is 4.55. The fourth-order valence-corrected chi connectivity index (χ4v) is 3.73. The molecule has 146 valence electrons. The normalized spacial score (nSPS) is 17.5. The van der Waals surface area contributed by atoms with E-state index in [1.165, 1.54) is 0 Å². The van der Waals surface area contributed by atoms with E-state index in [0.29, 0.717) is 45.7 Å². The molecule has 1 N–H and O–H groups in total. The maximum Gasteiger partial charge on any atom is 0.227 e. The molecule has 1 atom stereocenters. The second-order valence-electron chi connectivity index (χ2n) is 6.65. The van der Waals surface area contributed by atoms with Crippen LogP contribution in [0.15, 0.2) is 34.1 Å². The van der Waals surface area contributed by atoms with Gasteiger partial charge in [-0.05, 0) is 30.0 Å². The van der Waals surface area contributed by atoms with E-state index in [1.54, 1.807) is 16.2 Å². The first kappa shape index (κ1) is 19.6. The Morgan fingerprint density at radius 3 is 3.00 bits per heavy atom. The minimum atomic E-state index is -0.308. The van der Waals surface area contributed by atoms with Crippen molar-refractivity contribution in [3.8, 4) is 10.6 Å². The summed E-state index contributed by atoms with van der Waals surface area (Å²) in [6.07, 6.45) is 1.80. The molecule has 1 fully saturated rings. The molecule has 2 amide bonds. The first-order chi connectivity index (χ1) is 13.2. The lowest BCUT2D eigenvalue weighted by Crippen LogP contribution is -2.42. The van der Waals surface area contributed by atoms with Crippen LogP contribution in [0.1, 0.15) is 25.5 Å². The van der Waals surface area contributed by atoms with E-state index in [1.807, 2.05) is 36.6 Å². The number of amides is 2. The van der Waals surface area contributed by atoms with Crippen LogP contribution in [-0.2, 0) is 20.7 Å². The zero-order valence-electron chi connectivity index (χ0n) is 15.6. The molecule has 0 aromatic carbocycles. The summed E-state index contributed by atoms with van der Waals surface area (Å²) in [6, 6.07) is 7.87. The van der Waals surface area contributed by atoms with Crippen LogP contribution < -0.4 is 5.32 Å². The highest BCUT2D eigenvalue weighted by molar-refractivity contribution is 7.13. The molecule has 0 bridgehead atoms. The lowest BCUT2D eigenvalue weighted by atomic mass is 10.1. The minimum absolute atomic E-state index is 0.0304. The number of hydrogen-bond donors (Lipinski definition) is 1. The van der Waals surface area contributed by atoms with Gasteiger partial charge >= 0.3 is 0 Å². The van der Waals surface area contributed by atoms with E-state index in [9.17, 15) is 9.59 Å². The molecular formula is C20H26N2O4S. The number of nitrogens with one attached hydrogen (secondary N) is 1. The van der Waals surface area contributed by atoms with Crippen LogP contribution in [0.3, 0.4) is 0 Å². The number of rotatable bonds is 7. The van der Waals surface area contributed by atoms with Gasteiger partial charge in [-0.15, -0.1) is 11.3 Å². The number of carbonyl (C=O) groups excluding carboxylic acids is 2. The highest BCUT2D eigenvalue weighted by atomic mass is 32.1. The zero-order chi connectivity index (χ0) is 19.1. The van der Waals surface area contributed by atoms with Crippen LogP contribution in [0.5, 0.6) is 0 Å². The molecule has 0 spiro atoms. The third kappa shape index (κ3) is 5.43. The number of carbonyl (C=O) groups is 2. The van der Waals surface area contributed by atoms with Crippen LogP contribution in [0.4, 0.5) is 0 Å². The predicted molar refractivity (Wildman–Crippen MR) is 105 cm³/mol. The number of furan rings is 1. The summed E-state index contributed by atoms with van der Waals surface area (Å²) in [5, 5.41) is 4.90. The SMILES string of the molecule is CCCNC(=O)C1COCCN(C(=O)CCc2ccc(-c3cccs3)o2)C1. The van der Waals surface area contributed by atoms with Crippen LogP contribution >= 0.6 is 11.3 Å². The van der Waals surface area contributed by atoms with E-state index in [4.69, 9.17) is 9.15 Å². The van der Waals surface area contributed by atoms with Crippen LogP contribution in [0.2, 0.25) is 0 Å². The summed E-state index contributed by atoms with van der Waals surface area (Å²) < 4.78 is 11.4. The first-order valence-electron chi connectivity index (χ1n) is 9.43. The number of ether oxygens (including phenoxy) is 1. The van der Waals surface area contributed by atoms with Gasteiger partial charge in [0.2, 0.25) is 11.8 Å². The summed E-state index contributed by atoms with van der Waals surface area (Å²) in [5.74, 6) is 1.32. The summed E-state index contributed by atoms with van der Waals surface area (Å²) in [4.78, 5) is 27.7. The monoisotopic (exact) mass is 390 g/mol. The van der Waals surface area contributed by atoms with Gasteiger partial charge in [0.25, 0.3) is 0 Å². The van der Waals surface area contributed by atoms with Gasteiger partial charge < -0.3 is 19.4 Å². The van der Waals surface area contributed by atoms with E-state index < -0.39 is 0 Å². The largest absolute Gasteiger partial charge is 0.460 e. The molecule has 1 unspecified atom stereocenters. The average Bonchev–Trinajstić information content (AvgIpc) is 3.31. The van der Waals surface area contributed by atoms with Crippen molar-refractivity contribution in [1.29, 1.82) is 0 Å². The van der Waals surface area contributed by atoms with Gasteiger partial charge in [0.1, 0.15) is 11.5 Å². The second kappa shape index (κ2) is 9.71. The van der Waals surface area contributed by atoms with Gasteiger partial charge in [-0.3, -0.25) is 9.59 Å². The molecule has 2 aromatic heterocycles. The van der Waals surface area contributed by atoms with Crippen LogP contribution in [0, 0.1) is 5.92 Å². The Hall–Kier alpha value is -2.12. The minimum Gasteiger partial charge on any atom is -0.460 e. The first-order valence-corrected chi connectivity index (χ1v) is 10.3. The molecule has 0 aliphatic carbocycles. The fraction of sp³-hybridized carbons (Fsp3) is 0.500. The van der Waals surface area contributed by atoms with Gasteiger partial charge in [0.15, 0.2) is 0 Å². The van der Waals surface area contributed by atoms with Crippen molar-refractivity contribution in [2.24, 2.45) is 5.92 Å². The Balaban J connectivity index is 1.52. The van der Waals surface area contributed by atoms with E-state index in [2.05, 4.69) is 5.32 Å². The highest BCUT2D eigenvalue weighted by Crippen LogP contribution is 2.27. The second-order valence-corrected chi connectivity index (χ2v) is 7.59. The quantitative estimate of drug-likeness (QED) is 0.789. The molecular weight excluding hydrogens is 364 g/mol. The summed E-state index contributed by atoms with van der Waals surface area (Å²) in [7, 11) is 0. The maximum atomic E-state index is 12.6. The third-order valence-corrected chi connectivity index (χ3v) is 5.43. The number of nitrogens with zero attached hydrogens (tertiary/aromatic N) is 1. The van der Waals surface area contributed by atoms with Gasteiger partial charge in [-0.1, -0.05) is 13.0 Å². The van der Waals surface area contributed by atoms with Gasteiger partial charge in [0, 0.05) is 32.5 Å². The van der Waals surface area contributed by atoms with Gasteiger partial charge in [-0.2, -0.15) is 0 Å². The Morgan fingerprint density at radius 1 is 1.33 bits per heavy atom. The van der Waals surface area contributed by atoms with Crippen molar-refractivity contribution in [2.75, 3.05) is 32.8 Å². The fourth-order valence-electron chi connectivity index (χ4n) is 3.04. The number of hydrogen-bond acceptors (Lipinski definition) is 5. The zero-order valence-corrected chi connectivity index (χ0v) is 16.4. The Labute approximate surface area is 163 Å². The molecule has 6 nitrogen and oxygen atoms in total. The molecule has 7 heteroatoms. The topological polar surface area (TPSA) is 71.8 Å². The average molecular weight is 391 g/mol. The van der Waals surface area contributed by atoms with Gasteiger partial charge in [-0.25, -0.2) is 0 Å². The molecule has 2 aromatic rings. The summed E-state index contributed by atoms with van der Waals surface area (Å²) in [6.45, 7) is 4.42. The molecule has 1 aliphatic heterocycles. The van der Waals surface area contributed by atoms with Gasteiger partial charge in [0.05, 0.1) is 24.0 Å². The van der Waals surface area contributed by atoms with Crippen molar-refractivity contribution in [3.05, 3.63) is 35.4 Å².